The summed E-state index contributed by atoms with van der Waals surface area (Å²) in [7, 11) is 0. The van der Waals surface area contributed by atoms with E-state index in [1.165, 1.54) is 5.57 Å². The summed E-state index contributed by atoms with van der Waals surface area (Å²) in [5, 5.41) is 5.35. The first-order valence-corrected chi connectivity index (χ1v) is 11.7. The molecule has 0 radical (unpaired) electrons. The Labute approximate surface area is 183 Å². The largest absolute Gasteiger partial charge is 0.381 e. The van der Waals surface area contributed by atoms with Crippen LogP contribution in [0.4, 0.5) is 0 Å². The lowest BCUT2D eigenvalue weighted by Gasteiger charge is -2.23. The molecule has 31 heavy (non-hydrogen) atoms. The highest BCUT2D eigenvalue weighted by atomic mass is 16.5. The molecule has 2 fully saturated rings. The van der Waals surface area contributed by atoms with Crippen molar-refractivity contribution in [2.24, 2.45) is 11.8 Å². The summed E-state index contributed by atoms with van der Waals surface area (Å²) >= 11 is 0. The smallest absolute Gasteiger partial charge is 0.262 e. The molecule has 1 N–H and O–H groups in total. The molecule has 3 aliphatic rings. The minimum Gasteiger partial charge on any atom is -0.381 e. The quantitative estimate of drug-likeness (QED) is 0.816. The maximum atomic E-state index is 13.0. The predicted octanol–water partition coefficient (Wildman–Crippen LogP) is 3.34. The number of allylic oxidation sites excluding steroid dienone is 3. The van der Waals surface area contributed by atoms with E-state index in [0.717, 1.165) is 69.3 Å². The summed E-state index contributed by atoms with van der Waals surface area (Å²) in [4.78, 5) is 23.7. The van der Waals surface area contributed by atoms with Crippen molar-refractivity contribution in [2.45, 2.75) is 52.0 Å². The van der Waals surface area contributed by atoms with Crippen LogP contribution in [0.1, 0.15) is 56.6 Å². The molecule has 4 heterocycles. The summed E-state index contributed by atoms with van der Waals surface area (Å²) in [6, 6.07) is 0.248. The molecule has 1 unspecified atom stereocenters. The van der Waals surface area contributed by atoms with Crippen LogP contribution in [0.2, 0.25) is 0 Å². The second-order valence-electron chi connectivity index (χ2n) is 9.61. The fourth-order valence-electron chi connectivity index (χ4n) is 5.40. The van der Waals surface area contributed by atoms with Gasteiger partial charge in [0.15, 0.2) is 5.65 Å². The maximum Gasteiger partial charge on any atom is 0.262 e. The Balaban J connectivity index is 1.44. The maximum absolute atomic E-state index is 13.0. The van der Waals surface area contributed by atoms with Gasteiger partial charge in [0.25, 0.3) is 5.56 Å². The summed E-state index contributed by atoms with van der Waals surface area (Å²) in [5.74, 6) is 2.08. The molecule has 3 atom stereocenters. The fourth-order valence-corrected chi connectivity index (χ4v) is 5.40. The highest BCUT2D eigenvalue weighted by Crippen LogP contribution is 2.33. The molecule has 0 spiro atoms. The molecule has 0 bridgehead atoms. The van der Waals surface area contributed by atoms with E-state index in [4.69, 9.17) is 14.8 Å². The molecule has 7 heteroatoms. The third-order valence-corrected chi connectivity index (χ3v) is 7.31. The minimum absolute atomic E-state index is 0.0600. The van der Waals surface area contributed by atoms with Crippen LogP contribution in [-0.4, -0.2) is 57.5 Å². The first-order valence-electron chi connectivity index (χ1n) is 11.7. The number of hydrogen-bond acceptors (Lipinski definition) is 5. The number of nitrogens with one attached hydrogen (secondary N) is 1. The molecule has 0 aromatic carbocycles. The van der Waals surface area contributed by atoms with Gasteiger partial charge in [-0.1, -0.05) is 37.6 Å². The zero-order chi connectivity index (χ0) is 21.5. The Kier molecular flexibility index (Phi) is 5.56. The van der Waals surface area contributed by atoms with Crippen molar-refractivity contribution < 1.29 is 4.74 Å². The van der Waals surface area contributed by atoms with Crippen molar-refractivity contribution in [1.29, 1.82) is 0 Å². The summed E-state index contributed by atoms with van der Waals surface area (Å²) in [6.07, 6.45) is 9.65. The van der Waals surface area contributed by atoms with E-state index in [9.17, 15) is 4.79 Å². The van der Waals surface area contributed by atoms with Crippen molar-refractivity contribution in [2.75, 3.05) is 32.8 Å². The van der Waals surface area contributed by atoms with E-state index < -0.39 is 0 Å². The Morgan fingerprint density at radius 1 is 1.23 bits per heavy atom. The molecule has 0 saturated carbocycles. The third-order valence-electron chi connectivity index (χ3n) is 7.31. The van der Waals surface area contributed by atoms with Crippen molar-refractivity contribution in [1.82, 2.24) is 24.6 Å². The highest BCUT2D eigenvalue weighted by molar-refractivity contribution is 5.77. The van der Waals surface area contributed by atoms with E-state index in [-0.39, 0.29) is 17.5 Å². The van der Waals surface area contributed by atoms with Gasteiger partial charge in [-0.3, -0.25) is 9.69 Å². The summed E-state index contributed by atoms with van der Waals surface area (Å²) in [6.45, 7) is 10.9. The second kappa shape index (κ2) is 8.36. The Morgan fingerprint density at radius 3 is 2.81 bits per heavy atom. The zero-order valence-electron chi connectivity index (χ0n) is 18.8. The van der Waals surface area contributed by atoms with Crippen LogP contribution >= 0.6 is 0 Å². The van der Waals surface area contributed by atoms with Crippen LogP contribution in [0.3, 0.4) is 0 Å². The lowest BCUT2D eigenvalue weighted by Crippen LogP contribution is -2.26. The third kappa shape index (κ3) is 3.89. The van der Waals surface area contributed by atoms with Gasteiger partial charge in [0, 0.05) is 38.8 Å². The number of likely N-dealkylation sites (tertiary alicyclic amines) is 1. The Morgan fingerprint density at radius 2 is 2.03 bits per heavy atom. The SMILES string of the molecule is Cc1nn(C2CCOCC2)c2nc([C@@H]3CN(CC4=CC=CCC4C)C[C@H]3C)[nH]c(=O)c12. The summed E-state index contributed by atoms with van der Waals surface area (Å²) < 4.78 is 7.51. The zero-order valence-corrected chi connectivity index (χ0v) is 18.8. The van der Waals surface area contributed by atoms with Gasteiger partial charge >= 0.3 is 0 Å². The first-order chi connectivity index (χ1) is 15.0. The van der Waals surface area contributed by atoms with E-state index in [1.54, 1.807) is 0 Å². The van der Waals surface area contributed by atoms with E-state index >= 15 is 0 Å². The van der Waals surface area contributed by atoms with Gasteiger partial charge < -0.3 is 9.72 Å². The van der Waals surface area contributed by atoms with Gasteiger partial charge in [0.1, 0.15) is 11.2 Å². The Hall–Kier alpha value is -2.25. The number of aromatic amines is 1. The summed E-state index contributed by atoms with van der Waals surface area (Å²) in [5.41, 5.74) is 2.94. The molecule has 1 aliphatic carbocycles. The number of aromatic nitrogens is 4. The number of H-pyrrole nitrogens is 1. The van der Waals surface area contributed by atoms with E-state index in [2.05, 4.69) is 42.0 Å². The fraction of sp³-hybridized carbons (Fsp3) is 0.625. The highest BCUT2D eigenvalue weighted by Gasteiger charge is 2.34. The van der Waals surface area contributed by atoms with Gasteiger partial charge in [-0.2, -0.15) is 5.10 Å². The van der Waals surface area contributed by atoms with Gasteiger partial charge in [-0.05, 0) is 38.0 Å². The number of aryl methyl sites for hydroxylation is 1. The molecule has 2 aliphatic heterocycles. The molecule has 5 rings (SSSR count). The van der Waals surface area contributed by atoms with Crippen LogP contribution in [0, 0.1) is 18.8 Å². The van der Waals surface area contributed by atoms with Crippen molar-refractivity contribution in [3.8, 4) is 0 Å². The van der Waals surface area contributed by atoms with Crippen molar-refractivity contribution in [3.63, 3.8) is 0 Å². The van der Waals surface area contributed by atoms with E-state index in [1.807, 2.05) is 11.6 Å². The normalized spacial score (nSPS) is 27.8. The van der Waals surface area contributed by atoms with Crippen molar-refractivity contribution in [3.05, 3.63) is 45.7 Å². The number of fused-ring (bicyclic) bond motifs is 1. The molecular weight excluding hydrogens is 390 g/mol. The van der Waals surface area contributed by atoms with Gasteiger partial charge in [0.05, 0.1) is 11.7 Å². The second-order valence-corrected chi connectivity index (χ2v) is 9.61. The van der Waals surface area contributed by atoms with Crippen LogP contribution in [0.25, 0.3) is 11.0 Å². The van der Waals surface area contributed by atoms with Crippen LogP contribution in [-0.2, 0) is 4.74 Å². The van der Waals surface area contributed by atoms with Crippen LogP contribution < -0.4 is 5.56 Å². The van der Waals surface area contributed by atoms with Gasteiger partial charge in [0.2, 0.25) is 0 Å². The molecule has 2 aromatic heterocycles. The predicted molar refractivity (Wildman–Crippen MR) is 121 cm³/mol. The first kappa shape index (κ1) is 20.6. The number of rotatable bonds is 4. The molecule has 166 valence electrons. The molecule has 2 saturated heterocycles. The van der Waals surface area contributed by atoms with Crippen molar-refractivity contribution >= 4 is 11.0 Å². The number of ether oxygens (including phenoxy) is 1. The topological polar surface area (TPSA) is 76.0 Å². The monoisotopic (exact) mass is 423 g/mol. The van der Waals surface area contributed by atoms with Gasteiger partial charge in [-0.15, -0.1) is 0 Å². The van der Waals surface area contributed by atoms with E-state index in [0.29, 0.717) is 17.2 Å². The number of hydrogen-bond donors (Lipinski definition) is 1. The Bertz CT molecular complexity index is 1080. The number of nitrogens with zero attached hydrogens (tertiary/aromatic N) is 4. The lowest BCUT2D eigenvalue weighted by atomic mass is 9.93. The average molecular weight is 424 g/mol. The van der Waals surface area contributed by atoms with Crippen LogP contribution in [0.15, 0.2) is 28.6 Å². The minimum atomic E-state index is -0.0600. The molecule has 0 amide bonds. The lowest BCUT2D eigenvalue weighted by molar-refractivity contribution is 0.0672. The van der Waals surface area contributed by atoms with Gasteiger partial charge in [-0.25, -0.2) is 9.67 Å². The molecular formula is C24H33N5O2. The molecule has 2 aromatic rings. The molecule has 7 nitrogen and oxygen atoms in total. The standard InChI is InChI=1S/C24H33N5O2/c1-15-6-4-5-7-18(15)13-28-12-16(2)20(14-28)22-25-23-21(24(30)26-22)17(3)27-29(23)19-8-10-31-11-9-19/h4-5,7,15-16,19-20H,6,8-14H2,1-3H3,(H,25,26,30)/t15?,16-,20-/m1/s1. The average Bonchev–Trinajstić information content (AvgIpc) is 3.30. The van der Waals surface area contributed by atoms with Crippen LogP contribution in [0.5, 0.6) is 0 Å².